The van der Waals surface area contributed by atoms with Crippen molar-refractivity contribution in [3.8, 4) is 5.75 Å². The fourth-order valence-corrected chi connectivity index (χ4v) is 3.34. The minimum atomic E-state index is -0.275. The number of pyridine rings is 1. The zero-order chi connectivity index (χ0) is 22.8. The van der Waals surface area contributed by atoms with Gasteiger partial charge in [0.05, 0.1) is 25.9 Å². The number of benzene rings is 2. The van der Waals surface area contributed by atoms with Crippen molar-refractivity contribution < 1.29 is 14.3 Å². The lowest BCUT2D eigenvalue weighted by Gasteiger charge is -2.28. The predicted octanol–water partition coefficient (Wildman–Crippen LogP) is 3.58. The first-order valence-corrected chi connectivity index (χ1v) is 10.5. The van der Waals surface area contributed by atoms with E-state index in [1.807, 2.05) is 66.4 Å². The summed E-state index contributed by atoms with van der Waals surface area (Å²) in [6.07, 6.45) is 3.51. The number of aromatic nitrogens is 1. The number of carbonyl (C=O) groups is 2. The van der Waals surface area contributed by atoms with Crippen LogP contribution in [0.25, 0.3) is 0 Å². The van der Waals surface area contributed by atoms with Crippen LogP contribution in [0, 0.1) is 0 Å². The summed E-state index contributed by atoms with van der Waals surface area (Å²) in [5, 5.41) is 2.83. The minimum Gasteiger partial charge on any atom is -0.495 e. The second kappa shape index (κ2) is 11.5. The highest BCUT2D eigenvalue weighted by atomic mass is 16.5. The van der Waals surface area contributed by atoms with Gasteiger partial charge >= 0.3 is 0 Å². The van der Waals surface area contributed by atoms with Crippen molar-refractivity contribution in [3.05, 3.63) is 84.7 Å². The van der Waals surface area contributed by atoms with Gasteiger partial charge in [-0.25, -0.2) is 0 Å². The van der Waals surface area contributed by atoms with Crippen LogP contribution in [0.4, 0.5) is 11.4 Å². The smallest absolute Gasteiger partial charge is 0.244 e. The molecule has 2 aromatic carbocycles. The van der Waals surface area contributed by atoms with Crippen LogP contribution in [0.3, 0.4) is 0 Å². The molecule has 0 spiro atoms. The Morgan fingerprint density at radius 3 is 2.41 bits per heavy atom. The highest BCUT2D eigenvalue weighted by molar-refractivity contribution is 5.96. The van der Waals surface area contributed by atoms with Crippen molar-refractivity contribution >= 4 is 23.2 Å². The molecule has 1 aromatic heterocycles. The van der Waals surface area contributed by atoms with E-state index >= 15 is 0 Å². The van der Waals surface area contributed by atoms with E-state index in [9.17, 15) is 9.59 Å². The van der Waals surface area contributed by atoms with Crippen LogP contribution >= 0.6 is 0 Å². The van der Waals surface area contributed by atoms with Gasteiger partial charge in [-0.1, -0.05) is 36.4 Å². The molecule has 7 heteroatoms. The summed E-state index contributed by atoms with van der Waals surface area (Å²) >= 11 is 0. The van der Waals surface area contributed by atoms with Crippen molar-refractivity contribution in [2.45, 2.75) is 13.5 Å². The van der Waals surface area contributed by atoms with E-state index < -0.39 is 0 Å². The van der Waals surface area contributed by atoms with E-state index in [0.29, 0.717) is 24.5 Å². The first-order chi connectivity index (χ1) is 15.6. The van der Waals surface area contributed by atoms with Crippen LogP contribution in [0.2, 0.25) is 0 Å². The second-order valence-electron chi connectivity index (χ2n) is 7.21. The highest BCUT2D eigenvalue weighted by Gasteiger charge is 2.20. The molecule has 1 N–H and O–H groups in total. The number of nitrogens with one attached hydrogen (secondary N) is 1. The number of hydrogen-bond acceptors (Lipinski definition) is 5. The van der Waals surface area contributed by atoms with Crippen molar-refractivity contribution in [1.82, 2.24) is 9.88 Å². The fourth-order valence-electron chi connectivity index (χ4n) is 3.34. The molecule has 0 aliphatic rings. The third-order valence-corrected chi connectivity index (χ3v) is 4.99. The molecule has 1 heterocycles. The Labute approximate surface area is 188 Å². The first-order valence-electron chi connectivity index (χ1n) is 10.5. The Bertz CT molecular complexity index is 1010. The van der Waals surface area contributed by atoms with Crippen LogP contribution in [0.1, 0.15) is 12.5 Å². The van der Waals surface area contributed by atoms with Crippen LogP contribution in [-0.2, 0) is 16.1 Å². The van der Waals surface area contributed by atoms with E-state index in [0.717, 1.165) is 11.3 Å². The Hall–Kier alpha value is -3.87. The van der Waals surface area contributed by atoms with Gasteiger partial charge in [0.15, 0.2) is 0 Å². The molecule has 0 fully saturated rings. The van der Waals surface area contributed by atoms with Gasteiger partial charge in [0.2, 0.25) is 11.8 Å². The largest absolute Gasteiger partial charge is 0.495 e. The van der Waals surface area contributed by atoms with Crippen molar-refractivity contribution in [2.24, 2.45) is 0 Å². The summed E-state index contributed by atoms with van der Waals surface area (Å²) in [7, 11) is 1.55. The summed E-state index contributed by atoms with van der Waals surface area (Å²) in [4.78, 5) is 33.4. The SMILES string of the molecule is CCN(CC(=O)Nc1ccccc1OC)C(=O)CN(Cc1cccnc1)c1ccccc1. The molecule has 0 saturated heterocycles. The van der Waals surface area contributed by atoms with Crippen LogP contribution in [0.5, 0.6) is 5.75 Å². The summed E-state index contributed by atoms with van der Waals surface area (Å²) in [5.74, 6) is 0.167. The van der Waals surface area contributed by atoms with Gasteiger partial charge in [-0.05, 0) is 42.8 Å². The second-order valence-corrected chi connectivity index (χ2v) is 7.21. The van der Waals surface area contributed by atoms with Crippen LogP contribution in [0.15, 0.2) is 79.1 Å². The molecule has 32 heavy (non-hydrogen) atoms. The third-order valence-electron chi connectivity index (χ3n) is 4.99. The number of likely N-dealkylation sites (N-methyl/N-ethyl adjacent to an activating group) is 1. The molecule has 0 radical (unpaired) electrons. The van der Waals surface area contributed by atoms with Crippen molar-refractivity contribution in [1.29, 1.82) is 0 Å². The standard InChI is InChI=1S/C25H28N4O3/c1-3-28(18-24(30)27-22-13-7-8-14-23(22)32-2)25(31)19-29(21-11-5-4-6-12-21)17-20-10-9-15-26-16-20/h4-16H,3,17-19H2,1-2H3,(H,27,30). The van der Waals surface area contributed by atoms with Gasteiger partial charge in [-0.2, -0.15) is 0 Å². The number of ether oxygens (including phenoxy) is 1. The van der Waals surface area contributed by atoms with E-state index in [2.05, 4.69) is 10.3 Å². The lowest BCUT2D eigenvalue weighted by molar-refractivity contribution is -0.133. The molecule has 0 aliphatic heterocycles. The number of carbonyl (C=O) groups excluding carboxylic acids is 2. The number of methoxy groups -OCH3 is 1. The molecule has 0 atom stereocenters. The molecule has 0 unspecified atom stereocenters. The Balaban J connectivity index is 1.68. The lowest BCUT2D eigenvalue weighted by Crippen LogP contribution is -2.43. The van der Waals surface area contributed by atoms with Gasteiger partial charge < -0.3 is 19.9 Å². The summed E-state index contributed by atoms with van der Waals surface area (Å²) < 4.78 is 5.28. The summed E-state index contributed by atoms with van der Waals surface area (Å²) in [6.45, 7) is 2.93. The molecular weight excluding hydrogens is 404 g/mol. The molecule has 7 nitrogen and oxygen atoms in total. The molecule has 166 valence electrons. The maximum atomic E-state index is 13.1. The number of nitrogens with zero attached hydrogens (tertiary/aromatic N) is 3. The third kappa shape index (κ3) is 6.31. The fraction of sp³-hybridized carbons (Fsp3) is 0.240. The van der Waals surface area contributed by atoms with Gasteiger partial charge in [0.1, 0.15) is 5.75 Å². The van der Waals surface area contributed by atoms with E-state index in [1.165, 1.54) is 0 Å². The average Bonchev–Trinajstić information content (AvgIpc) is 2.83. The average molecular weight is 433 g/mol. The van der Waals surface area contributed by atoms with Gasteiger partial charge in [0, 0.05) is 31.2 Å². The minimum absolute atomic E-state index is 0.0388. The first kappa shape index (κ1) is 22.8. The molecule has 3 aromatic rings. The number of para-hydroxylation sites is 3. The summed E-state index contributed by atoms with van der Waals surface area (Å²) in [5.41, 5.74) is 2.51. The lowest BCUT2D eigenvalue weighted by atomic mass is 10.2. The number of anilines is 2. The van der Waals surface area contributed by atoms with Crippen LogP contribution < -0.4 is 15.0 Å². The molecule has 0 bridgehead atoms. The Morgan fingerprint density at radius 1 is 0.969 bits per heavy atom. The van der Waals surface area contributed by atoms with E-state index in [-0.39, 0.29) is 24.9 Å². The summed E-state index contributed by atoms with van der Waals surface area (Å²) in [6, 6.07) is 20.8. The predicted molar refractivity (Wildman–Crippen MR) is 126 cm³/mol. The van der Waals surface area contributed by atoms with E-state index in [4.69, 9.17) is 4.74 Å². The highest BCUT2D eigenvalue weighted by Crippen LogP contribution is 2.23. The van der Waals surface area contributed by atoms with Crippen molar-refractivity contribution in [3.63, 3.8) is 0 Å². The molecule has 0 saturated carbocycles. The van der Waals surface area contributed by atoms with Gasteiger partial charge in [-0.15, -0.1) is 0 Å². The quantitative estimate of drug-likeness (QED) is 0.530. The van der Waals surface area contributed by atoms with Gasteiger partial charge in [0.25, 0.3) is 0 Å². The van der Waals surface area contributed by atoms with Crippen molar-refractivity contribution in [2.75, 3.05) is 37.0 Å². The maximum absolute atomic E-state index is 13.1. The van der Waals surface area contributed by atoms with E-state index in [1.54, 1.807) is 36.5 Å². The molecule has 3 rings (SSSR count). The normalized spacial score (nSPS) is 10.3. The van der Waals surface area contributed by atoms with Crippen LogP contribution in [-0.4, -0.2) is 48.4 Å². The number of hydrogen-bond donors (Lipinski definition) is 1. The molecular formula is C25H28N4O3. The number of amides is 2. The number of rotatable bonds is 10. The zero-order valence-corrected chi connectivity index (χ0v) is 18.4. The molecule has 0 aliphatic carbocycles. The Morgan fingerprint density at radius 2 is 1.72 bits per heavy atom. The zero-order valence-electron chi connectivity index (χ0n) is 18.4. The monoisotopic (exact) mass is 432 g/mol. The maximum Gasteiger partial charge on any atom is 0.244 e. The Kier molecular flexibility index (Phi) is 8.20. The topological polar surface area (TPSA) is 74.8 Å². The van der Waals surface area contributed by atoms with Gasteiger partial charge in [-0.3, -0.25) is 14.6 Å². The molecule has 2 amide bonds.